The van der Waals surface area contributed by atoms with Crippen LogP contribution in [-0.2, 0) is 14.3 Å². The molecule has 0 radical (unpaired) electrons. The molecule has 1 heterocycles. The van der Waals surface area contributed by atoms with Crippen LogP contribution in [0.3, 0.4) is 0 Å². The Kier molecular flexibility index (Phi) is 7.41. The van der Waals surface area contributed by atoms with Crippen molar-refractivity contribution in [2.24, 2.45) is 5.73 Å². The summed E-state index contributed by atoms with van der Waals surface area (Å²) in [5.74, 6) is -3.80. The number of ether oxygens (including phenoxy) is 4. The number of methoxy groups -OCH3 is 1. The highest BCUT2D eigenvalue weighted by Gasteiger charge is 2.59. The molecule has 2 rings (SSSR count). The lowest BCUT2D eigenvalue weighted by molar-refractivity contribution is -0.305. The monoisotopic (exact) mass is 480 g/mol. The highest BCUT2D eigenvalue weighted by Crippen LogP contribution is 2.44. The minimum atomic E-state index is -5.88. The van der Waals surface area contributed by atoms with Gasteiger partial charge in [-0.3, -0.25) is 0 Å². The van der Waals surface area contributed by atoms with Crippen LogP contribution in [0.1, 0.15) is 25.3 Å². The number of nitrogens with zero attached hydrogens (tertiary/aromatic N) is 1. The number of rotatable bonds is 7. The van der Waals surface area contributed by atoms with Crippen LogP contribution < -0.4 is 15.2 Å². The molecule has 0 aliphatic carbocycles. The third-order valence-corrected chi connectivity index (χ3v) is 4.45. The fourth-order valence-electron chi connectivity index (χ4n) is 3.03. The quantitative estimate of drug-likeness (QED) is 0.461. The Hall–Kier alpha value is -3.56. The smallest absolute Gasteiger partial charge is 0.439 e. The van der Waals surface area contributed by atoms with Crippen LogP contribution in [-0.4, -0.2) is 38.1 Å². The predicted molar refractivity (Wildman–Crippen MR) is 99.5 cm³/mol. The van der Waals surface area contributed by atoms with Crippen molar-refractivity contribution < 1.29 is 50.1 Å². The number of benzene rings is 1. The minimum Gasteiger partial charge on any atom is -0.493 e. The van der Waals surface area contributed by atoms with Gasteiger partial charge in [0.2, 0.25) is 5.88 Å². The Morgan fingerprint density at radius 1 is 1.27 bits per heavy atom. The molecular formula is C20H18F6N2O5. The van der Waals surface area contributed by atoms with Crippen molar-refractivity contribution in [1.82, 2.24) is 0 Å². The van der Waals surface area contributed by atoms with Gasteiger partial charge < -0.3 is 24.7 Å². The van der Waals surface area contributed by atoms with Crippen molar-refractivity contribution in [1.29, 1.82) is 5.26 Å². The van der Waals surface area contributed by atoms with Gasteiger partial charge in [-0.25, -0.2) is 9.18 Å². The van der Waals surface area contributed by atoms with E-state index in [4.69, 9.17) is 19.9 Å². The highest BCUT2D eigenvalue weighted by molar-refractivity contribution is 5.92. The first-order chi connectivity index (χ1) is 15.3. The average Bonchev–Trinajstić information content (AvgIpc) is 2.72. The van der Waals surface area contributed by atoms with Gasteiger partial charge in [-0.2, -0.15) is 27.2 Å². The number of nitriles is 1. The number of esters is 1. The van der Waals surface area contributed by atoms with Crippen molar-refractivity contribution in [3.8, 4) is 17.6 Å². The molecule has 1 aromatic carbocycles. The first-order valence-electron chi connectivity index (χ1n) is 9.19. The highest BCUT2D eigenvalue weighted by atomic mass is 19.4. The molecule has 1 aliphatic rings. The van der Waals surface area contributed by atoms with E-state index in [1.54, 1.807) is 6.07 Å². The zero-order valence-corrected chi connectivity index (χ0v) is 17.4. The molecule has 0 fully saturated rings. The summed E-state index contributed by atoms with van der Waals surface area (Å²) in [5.41, 5.74) is 5.49. The summed E-state index contributed by atoms with van der Waals surface area (Å²) in [7, 11) is 0.994. The third kappa shape index (κ3) is 5.27. The Bertz CT molecular complexity index is 1030. The first-order valence-corrected chi connectivity index (χ1v) is 9.19. The standard InChI is InChI=1S/C20H18F6N2O5/c1-4-31-17(29)14-9(2)32-16(28)11(8-27)15(14)10-5-6-12(13(7-10)30-3)33-20(25,26)18(21)19(22,23)24/h5-7,15,18H,4,28H2,1-3H3. The minimum absolute atomic E-state index is 0.00576. The largest absolute Gasteiger partial charge is 0.493 e. The molecule has 0 amide bonds. The average molecular weight is 480 g/mol. The maximum atomic E-state index is 13.7. The Balaban J connectivity index is 2.56. The lowest BCUT2D eigenvalue weighted by Crippen LogP contribution is -2.45. The predicted octanol–water partition coefficient (Wildman–Crippen LogP) is 4.21. The molecule has 0 spiro atoms. The second-order valence-corrected chi connectivity index (χ2v) is 6.59. The van der Waals surface area contributed by atoms with E-state index >= 15 is 0 Å². The SMILES string of the molecule is CCOC(=O)C1=C(C)OC(N)=C(C#N)C1c1ccc(OC(F)(F)C(F)C(F)(F)F)c(OC)c1. The topological polar surface area (TPSA) is 104 Å². The zero-order chi connectivity index (χ0) is 25.1. The summed E-state index contributed by atoms with van der Waals surface area (Å²) in [6, 6.07) is 4.67. The number of alkyl halides is 6. The summed E-state index contributed by atoms with van der Waals surface area (Å²) in [6.45, 7) is 2.91. The van der Waals surface area contributed by atoms with E-state index in [0.29, 0.717) is 0 Å². The van der Waals surface area contributed by atoms with Crippen molar-refractivity contribution in [2.75, 3.05) is 13.7 Å². The number of hydrogen-bond acceptors (Lipinski definition) is 7. The maximum Gasteiger partial charge on any atom is 0.439 e. The van der Waals surface area contributed by atoms with Crippen molar-refractivity contribution in [3.05, 3.63) is 46.6 Å². The van der Waals surface area contributed by atoms with Crippen LogP contribution in [0.15, 0.2) is 41.0 Å². The van der Waals surface area contributed by atoms with Crippen molar-refractivity contribution in [3.63, 3.8) is 0 Å². The third-order valence-electron chi connectivity index (χ3n) is 4.45. The number of nitrogens with two attached hydrogens (primary N) is 1. The van der Waals surface area contributed by atoms with Crippen LogP contribution in [0.2, 0.25) is 0 Å². The molecule has 2 N–H and O–H groups in total. The maximum absolute atomic E-state index is 13.7. The Labute approximate surface area is 183 Å². The van der Waals surface area contributed by atoms with Gasteiger partial charge in [-0.15, -0.1) is 0 Å². The van der Waals surface area contributed by atoms with Gasteiger partial charge >= 0.3 is 18.3 Å². The number of hydrogen-bond donors (Lipinski definition) is 1. The van der Waals surface area contributed by atoms with Crippen LogP contribution in [0, 0.1) is 11.3 Å². The van der Waals surface area contributed by atoms with E-state index in [1.807, 2.05) is 0 Å². The number of allylic oxidation sites excluding steroid dienone is 2. The molecule has 13 heteroatoms. The second kappa shape index (κ2) is 9.51. The van der Waals surface area contributed by atoms with Crippen LogP contribution in [0.25, 0.3) is 0 Å². The normalized spacial score (nSPS) is 17.8. The fraction of sp³-hybridized carbons (Fsp3) is 0.400. The van der Waals surface area contributed by atoms with Gasteiger partial charge in [0.25, 0.3) is 6.17 Å². The molecule has 2 atom stereocenters. The molecule has 7 nitrogen and oxygen atoms in total. The van der Waals surface area contributed by atoms with Crippen LogP contribution >= 0.6 is 0 Å². The summed E-state index contributed by atoms with van der Waals surface area (Å²) in [6.07, 6.45) is -15.7. The van der Waals surface area contributed by atoms with Crippen LogP contribution in [0.5, 0.6) is 11.5 Å². The van der Waals surface area contributed by atoms with Crippen LogP contribution in [0.4, 0.5) is 26.3 Å². The molecule has 0 saturated heterocycles. The molecular weight excluding hydrogens is 462 g/mol. The summed E-state index contributed by atoms with van der Waals surface area (Å²) >= 11 is 0. The van der Waals surface area contributed by atoms with Gasteiger partial charge in [-0.05, 0) is 31.5 Å². The van der Waals surface area contributed by atoms with Gasteiger partial charge in [0.15, 0.2) is 11.5 Å². The number of halogens is 6. The molecule has 0 aromatic heterocycles. The number of carbonyl (C=O) groups excluding carboxylic acids is 1. The second-order valence-electron chi connectivity index (χ2n) is 6.59. The summed E-state index contributed by atoms with van der Waals surface area (Å²) < 4.78 is 96.9. The van der Waals surface area contributed by atoms with E-state index in [0.717, 1.165) is 25.3 Å². The van der Waals surface area contributed by atoms with Crippen molar-refractivity contribution in [2.45, 2.75) is 38.2 Å². The van der Waals surface area contributed by atoms with Gasteiger partial charge in [0.1, 0.15) is 17.4 Å². The molecule has 2 unspecified atom stereocenters. The van der Waals surface area contributed by atoms with E-state index in [2.05, 4.69) is 4.74 Å². The molecule has 0 bridgehead atoms. The Morgan fingerprint density at radius 3 is 2.42 bits per heavy atom. The van der Waals surface area contributed by atoms with E-state index < -0.39 is 41.8 Å². The molecule has 1 aromatic rings. The molecule has 33 heavy (non-hydrogen) atoms. The van der Waals surface area contributed by atoms with Gasteiger partial charge in [0, 0.05) is 0 Å². The van der Waals surface area contributed by atoms with E-state index in [1.165, 1.54) is 13.8 Å². The molecule has 1 aliphatic heterocycles. The summed E-state index contributed by atoms with van der Waals surface area (Å²) in [5, 5.41) is 9.53. The molecule has 0 saturated carbocycles. The lowest BCUT2D eigenvalue weighted by Gasteiger charge is -2.28. The fourth-order valence-corrected chi connectivity index (χ4v) is 3.03. The van der Waals surface area contributed by atoms with E-state index in [-0.39, 0.29) is 35.0 Å². The zero-order valence-electron chi connectivity index (χ0n) is 17.4. The molecule has 180 valence electrons. The van der Waals surface area contributed by atoms with Gasteiger partial charge in [0.05, 0.1) is 25.2 Å². The first kappa shape index (κ1) is 25.7. The van der Waals surface area contributed by atoms with Crippen molar-refractivity contribution >= 4 is 5.97 Å². The van der Waals surface area contributed by atoms with Gasteiger partial charge in [-0.1, -0.05) is 6.07 Å². The van der Waals surface area contributed by atoms with E-state index in [9.17, 15) is 36.4 Å². The Morgan fingerprint density at radius 2 is 1.91 bits per heavy atom. The summed E-state index contributed by atoms with van der Waals surface area (Å²) in [4.78, 5) is 12.5. The lowest BCUT2D eigenvalue weighted by atomic mass is 9.83. The number of carbonyl (C=O) groups is 1.